The number of thiol groups is 1. The van der Waals surface area contributed by atoms with Crippen LogP contribution in [-0.2, 0) is 20.9 Å². The van der Waals surface area contributed by atoms with E-state index in [1.54, 1.807) is 37.5 Å². The molecule has 170 valence electrons. The van der Waals surface area contributed by atoms with Crippen LogP contribution >= 0.6 is 12.6 Å². The number of carbonyl (C=O) groups is 2. The van der Waals surface area contributed by atoms with Crippen molar-refractivity contribution in [2.24, 2.45) is 5.92 Å². The SMILES string of the molecule is CCOC(=O)Cn1cc(/C=C2/CN(C(C(=O)C3CC3)c3ccccc3F)CCC2S)cn1. The molecule has 4 rings (SSSR count). The highest BCUT2D eigenvalue weighted by Gasteiger charge is 2.40. The largest absolute Gasteiger partial charge is 0.465 e. The highest BCUT2D eigenvalue weighted by Crippen LogP contribution is 2.39. The fourth-order valence-electron chi connectivity index (χ4n) is 4.17. The summed E-state index contributed by atoms with van der Waals surface area (Å²) in [5.41, 5.74) is 2.34. The monoisotopic (exact) mass is 457 g/mol. The fourth-order valence-corrected chi connectivity index (χ4v) is 4.44. The number of hydrogen-bond acceptors (Lipinski definition) is 6. The lowest BCUT2D eigenvalue weighted by atomic mass is 9.93. The molecule has 2 fully saturated rings. The number of ketones is 1. The van der Waals surface area contributed by atoms with Gasteiger partial charge in [0.2, 0.25) is 0 Å². The van der Waals surface area contributed by atoms with Gasteiger partial charge in [-0.25, -0.2) is 4.39 Å². The average molecular weight is 458 g/mol. The predicted molar refractivity (Wildman–Crippen MR) is 123 cm³/mol. The van der Waals surface area contributed by atoms with E-state index < -0.39 is 6.04 Å². The summed E-state index contributed by atoms with van der Waals surface area (Å²) in [5, 5.41) is 4.27. The first-order chi connectivity index (χ1) is 15.5. The maximum atomic E-state index is 14.7. The standard InChI is InChI=1S/C24H28FN3O3S/c1-2-31-22(29)15-28-13-16(12-26-28)11-18-14-27(10-9-21(18)32)23(24(30)17-7-8-17)19-5-3-4-6-20(19)25/h3-6,11-13,17,21,23,32H,2,7-10,14-15H2,1H3/b18-11-. The number of likely N-dealkylation sites (tertiary alicyclic amines) is 1. The zero-order valence-electron chi connectivity index (χ0n) is 18.1. The van der Waals surface area contributed by atoms with Crippen molar-refractivity contribution in [1.29, 1.82) is 0 Å². The van der Waals surface area contributed by atoms with Crippen LogP contribution in [0.2, 0.25) is 0 Å². The molecule has 8 heteroatoms. The van der Waals surface area contributed by atoms with E-state index in [1.165, 1.54) is 10.7 Å². The van der Waals surface area contributed by atoms with Gasteiger partial charge in [-0.2, -0.15) is 17.7 Å². The second-order valence-electron chi connectivity index (χ2n) is 8.37. The molecule has 2 heterocycles. The Morgan fingerprint density at radius 3 is 2.81 bits per heavy atom. The van der Waals surface area contributed by atoms with E-state index in [2.05, 4.69) is 10.00 Å². The molecule has 1 aromatic carbocycles. The first-order valence-corrected chi connectivity index (χ1v) is 11.6. The van der Waals surface area contributed by atoms with Gasteiger partial charge in [0.15, 0.2) is 5.78 Å². The number of Topliss-reactive ketones (excluding diaryl/α,β-unsaturated/α-hetero) is 1. The Morgan fingerprint density at radius 2 is 2.09 bits per heavy atom. The molecule has 1 saturated carbocycles. The number of carbonyl (C=O) groups excluding carboxylic acids is 2. The van der Waals surface area contributed by atoms with Crippen LogP contribution in [0.5, 0.6) is 0 Å². The zero-order valence-corrected chi connectivity index (χ0v) is 19.0. The molecule has 0 spiro atoms. The van der Waals surface area contributed by atoms with Gasteiger partial charge in [-0.15, -0.1) is 0 Å². The molecule has 1 aliphatic heterocycles. The van der Waals surface area contributed by atoms with Crippen molar-refractivity contribution in [1.82, 2.24) is 14.7 Å². The van der Waals surface area contributed by atoms with Crippen LogP contribution in [-0.4, -0.2) is 51.4 Å². The lowest BCUT2D eigenvalue weighted by molar-refractivity contribution is -0.144. The Balaban J connectivity index is 1.55. The van der Waals surface area contributed by atoms with Gasteiger partial charge in [-0.05, 0) is 37.8 Å². The minimum atomic E-state index is -0.584. The number of piperidine rings is 1. The Kier molecular flexibility index (Phi) is 7.10. The molecule has 2 unspecified atom stereocenters. The molecule has 0 N–H and O–H groups in total. The number of aromatic nitrogens is 2. The molecular formula is C24H28FN3O3S. The van der Waals surface area contributed by atoms with Gasteiger partial charge < -0.3 is 4.74 Å². The second kappa shape index (κ2) is 10.0. The van der Waals surface area contributed by atoms with Crippen LogP contribution in [0.25, 0.3) is 6.08 Å². The molecule has 2 aromatic rings. The van der Waals surface area contributed by atoms with Crippen molar-refractivity contribution < 1.29 is 18.7 Å². The average Bonchev–Trinajstić information content (AvgIpc) is 3.53. The van der Waals surface area contributed by atoms with E-state index in [0.717, 1.165) is 30.4 Å². The molecule has 2 aliphatic rings. The van der Waals surface area contributed by atoms with Crippen molar-refractivity contribution in [3.63, 3.8) is 0 Å². The molecule has 6 nitrogen and oxygen atoms in total. The smallest absolute Gasteiger partial charge is 0.327 e. The van der Waals surface area contributed by atoms with Crippen molar-refractivity contribution in [3.8, 4) is 0 Å². The third kappa shape index (κ3) is 5.30. The normalized spacial score (nSPS) is 21.5. The molecular weight excluding hydrogens is 429 g/mol. The number of nitrogens with zero attached hydrogens (tertiary/aromatic N) is 3. The van der Waals surface area contributed by atoms with Crippen LogP contribution in [0.1, 0.15) is 43.4 Å². The molecule has 1 saturated heterocycles. The third-order valence-electron chi connectivity index (χ3n) is 5.92. The van der Waals surface area contributed by atoms with Crippen LogP contribution in [0, 0.1) is 11.7 Å². The maximum Gasteiger partial charge on any atom is 0.327 e. The summed E-state index contributed by atoms with van der Waals surface area (Å²) in [5.74, 6) is -0.543. The summed E-state index contributed by atoms with van der Waals surface area (Å²) in [6.45, 7) is 3.34. The lowest BCUT2D eigenvalue weighted by Crippen LogP contribution is -2.42. The van der Waals surface area contributed by atoms with Crippen molar-refractivity contribution >= 4 is 30.5 Å². The maximum absolute atomic E-state index is 14.7. The van der Waals surface area contributed by atoms with E-state index in [1.807, 2.05) is 6.08 Å². The molecule has 0 radical (unpaired) electrons. The predicted octanol–water partition coefficient (Wildman–Crippen LogP) is 3.69. The Morgan fingerprint density at radius 1 is 1.31 bits per heavy atom. The van der Waals surface area contributed by atoms with Gasteiger partial charge in [0, 0.05) is 41.6 Å². The van der Waals surface area contributed by atoms with Crippen molar-refractivity contribution in [3.05, 3.63) is 59.2 Å². The first kappa shape index (κ1) is 22.7. The highest BCUT2D eigenvalue weighted by molar-refractivity contribution is 7.81. The van der Waals surface area contributed by atoms with Gasteiger partial charge in [0.25, 0.3) is 0 Å². The minimum Gasteiger partial charge on any atom is -0.465 e. The first-order valence-electron chi connectivity index (χ1n) is 11.0. The van der Waals surface area contributed by atoms with Gasteiger partial charge in [-0.1, -0.05) is 24.3 Å². The molecule has 2 atom stereocenters. The summed E-state index contributed by atoms with van der Waals surface area (Å²) < 4.78 is 21.2. The van der Waals surface area contributed by atoms with Crippen LogP contribution in [0.3, 0.4) is 0 Å². The van der Waals surface area contributed by atoms with Gasteiger partial charge in [0.1, 0.15) is 12.4 Å². The van der Waals surface area contributed by atoms with Crippen LogP contribution < -0.4 is 0 Å². The summed E-state index contributed by atoms with van der Waals surface area (Å²) in [6.07, 6.45) is 8.00. The van der Waals surface area contributed by atoms with E-state index >= 15 is 0 Å². The summed E-state index contributed by atoms with van der Waals surface area (Å²) in [7, 11) is 0. The third-order valence-corrected chi connectivity index (χ3v) is 6.51. The van der Waals surface area contributed by atoms with E-state index in [0.29, 0.717) is 25.3 Å². The number of halogens is 1. The van der Waals surface area contributed by atoms with Gasteiger partial charge in [0.05, 0.1) is 18.8 Å². The van der Waals surface area contributed by atoms with Crippen molar-refractivity contribution in [2.75, 3.05) is 19.7 Å². The number of benzene rings is 1. The van der Waals surface area contributed by atoms with Gasteiger partial charge >= 0.3 is 5.97 Å². The zero-order chi connectivity index (χ0) is 22.7. The minimum absolute atomic E-state index is 0.0295. The molecule has 1 aromatic heterocycles. The van der Waals surface area contributed by atoms with E-state index in [9.17, 15) is 14.0 Å². The van der Waals surface area contributed by atoms with E-state index in [4.69, 9.17) is 17.4 Å². The topological polar surface area (TPSA) is 64.4 Å². The van der Waals surface area contributed by atoms with Crippen molar-refractivity contribution in [2.45, 2.75) is 44.0 Å². The molecule has 1 aliphatic carbocycles. The Labute approximate surface area is 192 Å². The molecule has 32 heavy (non-hydrogen) atoms. The van der Waals surface area contributed by atoms with Crippen LogP contribution in [0.15, 0.2) is 42.2 Å². The fraction of sp³-hybridized carbons (Fsp3) is 0.458. The molecule has 0 bridgehead atoms. The molecule has 0 amide bonds. The lowest BCUT2D eigenvalue weighted by Gasteiger charge is -2.37. The Hall–Kier alpha value is -2.45. The summed E-state index contributed by atoms with van der Waals surface area (Å²) in [4.78, 5) is 26.9. The summed E-state index contributed by atoms with van der Waals surface area (Å²) >= 11 is 4.74. The number of esters is 1. The van der Waals surface area contributed by atoms with Crippen LogP contribution in [0.4, 0.5) is 4.39 Å². The highest BCUT2D eigenvalue weighted by atomic mass is 32.1. The Bertz CT molecular complexity index is 1020. The number of ether oxygens (including phenoxy) is 1. The second-order valence-corrected chi connectivity index (χ2v) is 8.99. The van der Waals surface area contributed by atoms with E-state index in [-0.39, 0.29) is 35.3 Å². The number of rotatable bonds is 8. The van der Waals surface area contributed by atoms with Gasteiger partial charge in [-0.3, -0.25) is 19.2 Å². The summed E-state index contributed by atoms with van der Waals surface area (Å²) in [6, 6.07) is 5.99. The quantitative estimate of drug-likeness (QED) is 0.484. The number of hydrogen-bond donors (Lipinski definition) is 1.